The number of hydrogen-bond donors (Lipinski definition) is 1. The number of rotatable bonds is 5. The minimum absolute atomic E-state index is 0.0299. The van der Waals surface area contributed by atoms with Crippen LogP contribution in [0.5, 0.6) is 0 Å². The third-order valence-corrected chi connectivity index (χ3v) is 4.37. The molecule has 0 spiro atoms. The van der Waals surface area contributed by atoms with E-state index in [9.17, 15) is 4.79 Å². The van der Waals surface area contributed by atoms with Crippen molar-refractivity contribution in [1.82, 2.24) is 24.9 Å². The van der Waals surface area contributed by atoms with E-state index in [1.807, 2.05) is 43.9 Å². The Hall–Kier alpha value is -2.15. The highest BCUT2D eigenvalue weighted by Crippen LogP contribution is 2.28. The molecule has 0 aromatic carbocycles. The van der Waals surface area contributed by atoms with Gasteiger partial charge >= 0.3 is 0 Å². The lowest BCUT2D eigenvalue weighted by Crippen LogP contribution is -2.44. The lowest BCUT2D eigenvalue weighted by atomic mass is 9.98. The van der Waals surface area contributed by atoms with Gasteiger partial charge in [-0.2, -0.15) is 10.2 Å². The zero-order chi connectivity index (χ0) is 17.1. The van der Waals surface area contributed by atoms with Crippen LogP contribution in [0, 0.1) is 13.8 Å². The number of carbonyl (C=O) groups excluding carboxylic acids is 1. The second kappa shape index (κ2) is 7.17. The summed E-state index contributed by atoms with van der Waals surface area (Å²) in [4.78, 5) is 12.4. The molecule has 24 heavy (non-hydrogen) atoms. The van der Waals surface area contributed by atoms with Gasteiger partial charge in [0.2, 0.25) is 5.91 Å². The van der Waals surface area contributed by atoms with Crippen molar-refractivity contribution in [3.8, 4) is 0 Å². The normalized spacial score (nSPS) is 21.0. The average Bonchev–Trinajstić information content (AvgIpc) is 3.14. The highest BCUT2D eigenvalue weighted by Gasteiger charge is 2.29. The molecule has 0 radical (unpaired) electrons. The molecule has 1 amide bonds. The fourth-order valence-corrected chi connectivity index (χ4v) is 3.18. The van der Waals surface area contributed by atoms with Crippen molar-refractivity contribution in [1.29, 1.82) is 0 Å². The second-order valence-corrected chi connectivity index (χ2v) is 6.32. The molecule has 1 aliphatic heterocycles. The maximum absolute atomic E-state index is 12.4. The Morgan fingerprint density at radius 1 is 1.46 bits per heavy atom. The number of aryl methyl sites for hydroxylation is 3. The Bertz CT molecular complexity index is 706. The maximum atomic E-state index is 12.4. The number of nitrogens with zero attached hydrogens (tertiary/aromatic N) is 4. The molecule has 1 N–H and O–H groups in total. The zero-order valence-electron chi connectivity index (χ0n) is 14.5. The van der Waals surface area contributed by atoms with Crippen LogP contribution in [0.25, 0.3) is 0 Å². The first-order valence-corrected chi connectivity index (χ1v) is 8.51. The molecule has 2 aromatic rings. The molecule has 0 bridgehead atoms. The highest BCUT2D eigenvalue weighted by molar-refractivity contribution is 5.76. The van der Waals surface area contributed by atoms with Crippen molar-refractivity contribution in [3.05, 3.63) is 35.4 Å². The summed E-state index contributed by atoms with van der Waals surface area (Å²) in [5.74, 6) is -0.0374. The van der Waals surface area contributed by atoms with Gasteiger partial charge in [-0.25, -0.2) is 0 Å². The Morgan fingerprint density at radius 3 is 2.96 bits per heavy atom. The van der Waals surface area contributed by atoms with Crippen LogP contribution in [0.15, 0.2) is 18.5 Å². The van der Waals surface area contributed by atoms with E-state index in [0.29, 0.717) is 6.61 Å². The zero-order valence-corrected chi connectivity index (χ0v) is 14.5. The fourth-order valence-electron chi connectivity index (χ4n) is 3.18. The molecule has 2 atom stereocenters. The minimum Gasteiger partial charge on any atom is -0.371 e. The first-order chi connectivity index (χ1) is 11.6. The van der Waals surface area contributed by atoms with Crippen molar-refractivity contribution < 1.29 is 9.53 Å². The quantitative estimate of drug-likeness (QED) is 0.906. The fraction of sp³-hybridized carbons (Fsp3) is 0.588. The first kappa shape index (κ1) is 16.7. The predicted octanol–water partition coefficient (Wildman–Crippen LogP) is 1.75. The minimum atomic E-state index is -0.136. The summed E-state index contributed by atoms with van der Waals surface area (Å²) in [7, 11) is 0. The van der Waals surface area contributed by atoms with Gasteiger partial charge in [-0.3, -0.25) is 14.2 Å². The lowest BCUT2D eigenvalue weighted by Gasteiger charge is -2.31. The van der Waals surface area contributed by atoms with Crippen LogP contribution in [0.4, 0.5) is 0 Å². The molecular formula is C17H25N5O2. The van der Waals surface area contributed by atoms with Gasteiger partial charge in [0.25, 0.3) is 0 Å². The van der Waals surface area contributed by atoms with Crippen molar-refractivity contribution >= 4 is 5.91 Å². The molecule has 2 aromatic heterocycles. The molecule has 130 valence electrons. The van der Waals surface area contributed by atoms with E-state index >= 15 is 0 Å². The molecule has 0 aliphatic carbocycles. The topological polar surface area (TPSA) is 74.0 Å². The van der Waals surface area contributed by atoms with Crippen molar-refractivity contribution in [3.63, 3.8) is 0 Å². The maximum Gasteiger partial charge on any atom is 0.242 e. The molecular weight excluding hydrogens is 306 g/mol. The van der Waals surface area contributed by atoms with E-state index in [0.717, 1.165) is 36.3 Å². The van der Waals surface area contributed by atoms with Crippen LogP contribution in [0.1, 0.15) is 42.8 Å². The largest absolute Gasteiger partial charge is 0.371 e. The van der Waals surface area contributed by atoms with Crippen LogP contribution in [0.3, 0.4) is 0 Å². The standard InChI is InChI=1S/C17H25N5O2/c1-4-21-10-14(9-18-21)17-15(6-5-7-24-17)19-16(23)11-22-13(3)8-12(2)20-22/h8-10,15,17H,4-7,11H2,1-3H3,(H,19,23)/t15-,17+/m0/s1. The molecule has 1 fully saturated rings. The molecule has 1 aliphatic rings. The summed E-state index contributed by atoms with van der Waals surface area (Å²) in [5, 5.41) is 11.8. The Morgan fingerprint density at radius 2 is 2.29 bits per heavy atom. The van der Waals surface area contributed by atoms with Gasteiger partial charge in [-0.15, -0.1) is 0 Å². The van der Waals surface area contributed by atoms with Gasteiger partial charge in [0.1, 0.15) is 12.6 Å². The highest BCUT2D eigenvalue weighted by atomic mass is 16.5. The summed E-state index contributed by atoms with van der Waals surface area (Å²) in [6.45, 7) is 7.70. The van der Waals surface area contributed by atoms with Gasteiger partial charge in [0, 0.05) is 30.6 Å². The van der Waals surface area contributed by atoms with Crippen LogP contribution in [-0.2, 0) is 22.6 Å². The average molecular weight is 331 g/mol. The predicted molar refractivity (Wildman–Crippen MR) is 89.5 cm³/mol. The third-order valence-electron chi connectivity index (χ3n) is 4.37. The molecule has 0 saturated carbocycles. The summed E-state index contributed by atoms with van der Waals surface area (Å²) in [6.07, 6.45) is 5.55. The number of hydrogen-bond acceptors (Lipinski definition) is 4. The number of ether oxygens (including phenoxy) is 1. The summed E-state index contributed by atoms with van der Waals surface area (Å²) in [5.41, 5.74) is 2.93. The molecule has 7 heteroatoms. The van der Waals surface area contributed by atoms with E-state index in [2.05, 4.69) is 15.5 Å². The molecule has 1 saturated heterocycles. The summed E-state index contributed by atoms with van der Waals surface area (Å²) >= 11 is 0. The van der Waals surface area contributed by atoms with E-state index in [4.69, 9.17) is 4.74 Å². The summed E-state index contributed by atoms with van der Waals surface area (Å²) < 4.78 is 9.53. The van der Waals surface area contributed by atoms with Crippen LogP contribution in [-0.4, -0.2) is 38.1 Å². The Kier molecular flexibility index (Phi) is 4.99. The Balaban J connectivity index is 1.67. The van der Waals surface area contributed by atoms with Crippen LogP contribution >= 0.6 is 0 Å². The van der Waals surface area contributed by atoms with Gasteiger partial charge in [0.05, 0.1) is 17.9 Å². The van der Waals surface area contributed by atoms with E-state index in [-0.39, 0.29) is 24.6 Å². The van der Waals surface area contributed by atoms with Crippen molar-refractivity contribution in [2.45, 2.75) is 58.8 Å². The van der Waals surface area contributed by atoms with Crippen LogP contribution < -0.4 is 5.32 Å². The van der Waals surface area contributed by atoms with Crippen molar-refractivity contribution in [2.24, 2.45) is 0 Å². The summed E-state index contributed by atoms with van der Waals surface area (Å²) in [6, 6.07) is 1.94. The smallest absolute Gasteiger partial charge is 0.242 e. The first-order valence-electron chi connectivity index (χ1n) is 8.51. The second-order valence-electron chi connectivity index (χ2n) is 6.32. The van der Waals surface area contributed by atoms with E-state index < -0.39 is 0 Å². The lowest BCUT2D eigenvalue weighted by molar-refractivity contribution is -0.125. The third kappa shape index (κ3) is 3.67. The molecule has 3 rings (SSSR count). The number of nitrogens with one attached hydrogen (secondary N) is 1. The van der Waals surface area contributed by atoms with E-state index in [1.54, 1.807) is 4.68 Å². The van der Waals surface area contributed by atoms with Gasteiger partial charge in [0.15, 0.2) is 0 Å². The van der Waals surface area contributed by atoms with Crippen LogP contribution in [0.2, 0.25) is 0 Å². The van der Waals surface area contributed by atoms with Crippen molar-refractivity contribution in [2.75, 3.05) is 6.61 Å². The van der Waals surface area contributed by atoms with E-state index in [1.165, 1.54) is 0 Å². The molecule has 0 unspecified atom stereocenters. The van der Waals surface area contributed by atoms with Gasteiger partial charge in [-0.1, -0.05) is 0 Å². The number of amides is 1. The Labute approximate surface area is 142 Å². The van der Waals surface area contributed by atoms with Gasteiger partial charge < -0.3 is 10.1 Å². The number of carbonyl (C=O) groups is 1. The SMILES string of the molecule is CCn1cc([C@H]2OCCC[C@@H]2NC(=O)Cn2nc(C)cc2C)cn1. The molecule has 7 nitrogen and oxygen atoms in total. The molecule has 3 heterocycles. The number of aromatic nitrogens is 4. The van der Waals surface area contributed by atoms with Gasteiger partial charge in [-0.05, 0) is 39.7 Å². The monoisotopic (exact) mass is 331 g/mol.